The molecule has 0 amide bonds. The van der Waals surface area contributed by atoms with Crippen LogP contribution in [-0.4, -0.2) is 5.66 Å². The zero-order chi connectivity index (χ0) is 6.41. The lowest BCUT2D eigenvalue weighted by molar-refractivity contribution is 0.295. The molecule has 0 aromatic heterocycles. The molecule has 2 heteroatoms. The van der Waals surface area contributed by atoms with Gasteiger partial charge in [0.1, 0.15) is 0 Å². The van der Waals surface area contributed by atoms with Gasteiger partial charge in [-0.2, -0.15) is 10.2 Å². The Hall–Kier alpha value is -0.400. The molecule has 0 aromatic rings. The standard InChI is InChI=1S/C6H12N2.CH4/c1-5(2,3)6(4)7-8-6;/h1-4H3;1H4. The highest BCUT2D eigenvalue weighted by molar-refractivity contribution is 4.98. The van der Waals surface area contributed by atoms with E-state index in [9.17, 15) is 0 Å². The third-order valence-corrected chi connectivity index (χ3v) is 1.82. The van der Waals surface area contributed by atoms with E-state index in [-0.39, 0.29) is 18.5 Å². The van der Waals surface area contributed by atoms with E-state index in [1.165, 1.54) is 0 Å². The Balaban J connectivity index is 0.000000640. The summed E-state index contributed by atoms with van der Waals surface area (Å²) in [5.41, 5.74) is 0.153. The van der Waals surface area contributed by atoms with Crippen molar-refractivity contribution in [1.82, 2.24) is 0 Å². The summed E-state index contributed by atoms with van der Waals surface area (Å²) in [6, 6.07) is 0. The molecule has 1 heterocycles. The summed E-state index contributed by atoms with van der Waals surface area (Å²) in [4.78, 5) is 0. The number of nitrogens with zero attached hydrogens (tertiary/aromatic N) is 2. The highest BCUT2D eigenvalue weighted by Crippen LogP contribution is 2.43. The molecule has 1 rings (SSSR count). The van der Waals surface area contributed by atoms with Crippen molar-refractivity contribution >= 4 is 0 Å². The smallest absolute Gasteiger partial charge is 0.159 e. The summed E-state index contributed by atoms with van der Waals surface area (Å²) >= 11 is 0. The van der Waals surface area contributed by atoms with Gasteiger partial charge in [0.2, 0.25) is 0 Å². The van der Waals surface area contributed by atoms with Crippen molar-refractivity contribution in [3.05, 3.63) is 0 Å². The first-order valence-electron chi connectivity index (χ1n) is 2.90. The largest absolute Gasteiger partial charge is 0.192 e. The SMILES string of the molecule is C.CC(C)(C)C1(C)N=N1. The van der Waals surface area contributed by atoms with E-state index in [1.807, 2.05) is 6.92 Å². The minimum Gasteiger partial charge on any atom is -0.159 e. The number of hydrogen-bond acceptors (Lipinski definition) is 2. The van der Waals surface area contributed by atoms with Crippen LogP contribution in [0.15, 0.2) is 10.2 Å². The molecule has 0 bridgehead atoms. The molecule has 0 aliphatic carbocycles. The Morgan fingerprint density at radius 2 is 1.44 bits per heavy atom. The number of hydrogen-bond donors (Lipinski definition) is 0. The van der Waals surface area contributed by atoms with Crippen molar-refractivity contribution in [3.8, 4) is 0 Å². The van der Waals surface area contributed by atoms with Crippen molar-refractivity contribution in [2.24, 2.45) is 15.6 Å². The lowest BCUT2D eigenvalue weighted by atomic mass is 9.85. The molecule has 0 saturated carbocycles. The molecular formula is C7H16N2. The maximum absolute atomic E-state index is 3.93. The monoisotopic (exact) mass is 128 g/mol. The number of rotatable bonds is 0. The molecule has 0 aromatic carbocycles. The van der Waals surface area contributed by atoms with Crippen molar-refractivity contribution in [3.63, 3.8) is 0 Å². The fourth-order valence-electron chi connectivity index (χ4n) is 0.375. The van der Waals surface area contributed by atoms with Crippen molar-refractivity contribution < 1.29 is 0 Å². The van der Waals surface area contributed by atoms with Gasteiger partial charge in [-0.3, -0.25) is 0 Å². The van der Waals surface area contributed by atoms with Crippen molar-refractivity contribution in [1.29, 1.82) is 0 Å². The van der Waals surface area contributed by atoms with Gasteiger partial charge < -0.3 is 0 Å². The predicted molar refractivity (Wildman–Crippen MR) is 39.4 cm³/mol. The van der Waals surface area contributed by atoms with E-state index in [0.717, 1.165) is 0 Å². The zero-order valence-electron chi connectivity index (χ0n) is 5.89. The summed E-state index contributed by atoms with van der Waals surface area (Å²) in [5.74, 6) is 0. The van der Waals surface area contributed by atoms with Crippen LogP contribution in [0.4, 0.5) is 0 Å². The van der Waals surface area contributed by atoms with Crippen LogP contribution >= 0.6 is 0 Å². The van der Waals surface area contributed by atoms with Crippen LogP contribution in [0.5, 0.6) is 0 Å². The summed E-state index contributed by atoms with van der Waals surface area (Å²) in [5, 5.41) is 7.86. The molecule has 0 radical (unpaired) electrons. The topological polar surface area (TPSA) is 24.7 Å². The van der Waals surface area contributed by atoms with E-state index in [0.29, 0.717) is 0 Å². The molecular weight excluding hydrogens is 112 g/mol. The van der Waals surface area contributed by atoms with Crippen LogP contribution in [-0.2, 0) is 0 Å². The fourth-order valence-corrected chi connectivity index (χ4v) is 0.375. The Morgan fingerprint density at radius 1 is 1.11 bits per heavy atom. The third kappa shape index (κ3) is 1.29. The first kappa shape index (κ1) is 8.60. The summed E-state index contributed by atoms with van der Waals surface area (Å²) in [7, 11) is 0. The van der Waals surface area contributed by atoms with E-state index in [2.05, 4.69) is 31.0 Å². The molecule has 1 aliphatic heterocycles. The van der Waals surface area contributed by atoms with Gasteiger partial charge in [0.15, 0.2) is 5.66 Å². The molecule has 0 spiro atoms. The predicted octanol–water partition coefficient (Wildman–Crippen LogP) is 2.85. The van der Waals surface area contributed by atoms with Gasteiger partial charge in [0.05, 0.1) is 0 Å². The van der Waals surface area contributed by atoms with Gasteiger partial charge >= 0.3 is 0 Å². The summed E-state index contributed by atoms with van der Waals surface area (Å²) < 4.78 is 0. The molecule has 0 unspecified atom stereocenters. The van der Waals surface area contributed by atoms with E-state index in [1.54, 1.807) is 0 Å². The Bertz CT molecular complexity index is 121. The summed E-state index contributed by atoms with van der Waals surface area (Å²) in [6.45, 7) is 8.49. The maximum atomic E-state index is 3.93. The van der Waals surface area contributed by atoms with E-state index >= 15 is 0 Å². The molecule has 0 fully saturated rings. The second kappa shape index (κ2) is 1.79. The second-order valence-corrected chi connectivity index (χ2v) is 3.47. The summed E-state index contributed by atoms with van der Waals surface area (Å²) in [6.07, 6.45) is 0. The average molecular weight is 128 g/mol. The first-order chi connectivity index (χ1) is 3.46. The van der Waals surface area contributed by atoms with Crippen LogP contribution in [0, 0.1) is 5.41 Å². The molecule has 54 valence electrons. The molecule has 0 saturated heterocycles. The van der Waals surface area contributed by atoms with Gasteiger partial charge in [-0.1, -0.05) is 28.2 Å². The minimum absolute atomic E-state index is 0. The van der Waals surface area contributed by atoms with Crippen molar-refractivity contribution in [2.75, 3.05) is 0 Å². The Labute approximate surface area is 57.4 Å². The first-order valence-corrected chi connectivity index (χ1v) is 2.90. The minimum atomic E-state index is -0.0625. The van der Waals surface area contributed by atoms with Gasteiger partial charge in [-0.15, -0.1) is 0 Å². The quantitative estimate of drug-likeness (QED) is 0.479. The molecule has 1 aliphatic rings. The van der Waals surface area contributed by atoms with Crippen LogP contribution in [0.25, 0.3) is 0 Å². The third-order valence-electron chi connectivity index (χ3n) is 1.82. The zero-order valence-corrected chi connectivity index (χ0v) is 5.89. The van der Waals surface area contributed by atoms with Crippen LogP contribution in [0.2, 0.25) is 0 Å². The lowest BCUT2D eigenvalue weighted by Crippen LogP contribution is -2.25. The van der Waals surface area contributed by atoms with Crippen LogP contribution < -0.4 is 0 Å². The Kier molecular flexibility index (Phi) is 1.71. The molecule has 0 atom stereocenters. The van der Waals surface area contributed by atoms with E-state index in [4.69, 9.17) is 0 Å². The Morgan fingerprint density at radius 3 is 1.44 bits per heavy atom. The lowest BCUT2D eigenvalue weighted by Gasteiger charge is -2.21. The van der Waals surface area contributed by atoms with Gasteiger partial charge in [0, 0.05) is 5.41 Å². The molecule has 2 nitrogen and oxygen atoms in total. The fraction of sp³-hybridized carbons (Fsp3) is 1.00. The van der Waals surface area contributed by atoms with Crippen LogP contribution in [0.1, 0.15) is 35.1 Å². The highest BCUT2D eigenvalue weighted by atomic mass is 15.4. The molecule has 0 N–H and O–H groups in total. The van der Waals surface area contributed by atoms with Gasteiger partial charge in [-0.25, -0.2) is 0 Å². The highest BCUT2D eigenvalue weighted by Gasteiger charge is 2.46. The van der Waals surface area contributed by atoms with Gasteiger partial charge in [-0.05, 0) is 6.92 Å². The van der Waals surface area contributed by atoms with Crippen LogP contribution in [0.3, 0.4) is 0 Å². The average Bonchev–Trinajstić information content (AvgIpc) is 2.16. The van der Waals surface area contributed by atoms with E-state index < -0.39 is 0 Å². The molecule has 9 heavy (non-hydrogen) atoms. The normalized spacial score (nSPS) is 20.9. The second-order valence-electron chi connectivity index (χ2n) is 3.47. The van der Waals surface area contributed by atoms with Gasteiger partial charge in [0.25, 0.3) is 0 Å². The maximum Gasteiger partial charge on any atom is 0.192 e. The van der Waals surface area contributed by atoms with Crippen molar-refractivity contribution in [2.45, 2.75) is 40.8 Å².